The molecular formula is C12H14FNO3. The first-order chi connectivity index (χ1) is 8.19. The van der Waals surface area contributed by atoms with Crippen molar-refractivity contribution in [3.8, 4) is 5.75 Å². The van der Waals surface area contributed by atoms with Crippen LogP contribution < -0.4 is 10.1 Å². The van der Waals surface area contributed by atoms with Gasteiger partial charge in [0.05, 0.1) is 12.7 Å². The highest BCUT2D eigenvalue weighted by atomic mass is 19.1. The van der Waals surface area contributed by atoms with Crippen LogP contribution in [0.2, 0.25) is 0 Å². The lowest BCUT2D eigenvalue weighted by atomic mass is 10.2. The van der Waals surface area contributed by atoms with Crippen LogP contribution in [0.25, 0.3) is 0 Å². The lowest BCUT2D eigenvalue weighted by molar-refractivity contribution is 0.0599. The highest BCUT2D eigenvalue weighted by Crippen LogP contribution is 2.19. The third-order valence-corrected chi connectivity index (χ3v) is 2.61. The molecule has 4 nitrogen and oxygen atoms in total. The van der Waals surface area contributed by atoms with Gasteiger partial charge in [-0.1, -0.05) is 0 Å². The molecule has 1 heterocycles. The summed E-state index contributed by atoms with van der Waals surface area (Å²) in [6.45, 7) is 1.63. The highest BCUT2D eigenvalue weighted by Gasteiger charge is 2.17. The summed E-state index contributed by atoms with van der Waals surface area (Å²) in [4.78, 5) is 11.3. The molecule has 1 aliphatic heterocycles. The van der Waals surface area contributed by atoms with Gasteiger partial charge in [-0.2, -0.15) is 0 Å². The molecule has 2 rings (SSSR count). The molecule has 1 unspecified atom stereocenters. The number of carbonyl (C=O) groups is 1. The molecule has 0 amide bonds. The molecule has 1 N–H and O–H groups in total. The minimum Gasteiger partial charge on any atom is -0.489 e. The van der Waals surface area contributed by atoms with Gasteiger partial charge < -0.3 is 14.8 Å². The smallest absolute Gasteiger partial charge is 0.338 e. The summed E-state index contributed by atoms with van der Waals surface area (Å²) in [6, 6.07) is 3.89. The predicted molar refractivity (Wildman–Crippen MR) is 59.6 cm³/mol. The molecule has 0 saturated carbocycles. The van der Waals surface area contributed by atoms with Gasteiger partial charge in [-0.05, 0) is 25.1 Å². The minimum absolute atomic E-state index is 0.0299. The van der Waals surface area contributed by atoms with Crippen molar-refractivity contribution in [3.63, 3.8) is 0 Å². The molecule has 92 valence electrons. The van der Waals surface area contributed by atoms with Crippen molar-refractivity contribution in [1.82, 2.24) is 5.32 Å². The molecule has 0 aliphatic carbocycles. The Morgan fingerprint density at radius 1 is 1.47 bits per heavy atom. The zero-order chi connectivity index (χ0) is 12.3. The van der Waals surface area contributed by atoms with E-state index in [4.69, 9.17) is 4.74 Å². The first-order valence-electron chi connectivity index (χ1n) is 5.45. The average Bonchev–Trinajstić information content (AvgIpc) is 2.80. The van der Waals surface area contributed by atoms with E-state index < -0.39 is 11.8 Å². The lowest BCUT2D eigenvalue weighted by Gasteiger charge is -2.13. The SMILES string of the molecule is COC(=O)c1cc(F)cc(OC2CCNC2)c1. The Labute approximate surface area is 98.7 Å². The Kier molecular flexibility index (Phi) is 3.58. The van der Waals surface area contributed by atoms with Crippen molar-refractivity contribution < 1.29 is 18.7 Å². The fourth-order valence-corrected chi connectivity index (χ4v) is 1.79. The van der Waals surface area contributed by atoms with Gasteiger partial charge in [-0.25, -0.2) is 9.18 Å². The number of methoxy groups -OCH3 is 1. The van der Waals surface area contributed by atoms with E-state index in [1.54, 1.807) is 0 Å². The molecule has 0 radical (unpaired) electrons. The van der Waals surface area contributed by atoms with Gasteiger partial charge in [0.2, 0.25) is 0 Å². The number of hydrogen-bond donors (Lipinski definition) is 1. The van der Waals surface area contributed by atoms with Crippen LogP contribution in [-0.2, 0) is 4.74 Å². The monoisotopic (exact) mass is 239 g/mol. The van der Waals surface area contributed by atoms with Crippen LogP contribution in [0.5, 0.6) is 5.75 Å². The van der Waals surface area contributed by atoms with E-state index >= 15 is 0 Å². The Hall–Kier alpha value is -1.62. The van der Waals surface area contributed by atoms with E-state index in [0.29, 0.717) is 5.75 Å². The van der Waals surface area contributed by atoms with Crippen LogP contribution in [0.4, 0.5) is 4.39 Å². The Bertz CT molecular complexity index is 416. The van der Waals surface area contributed by atoms with E-state index in [9.17, 15) is 9.18 Å². The van der Waals surface area contributed by atoms with Gasteiger partial charge in [0, 0.05) is 12.6 Å². The number of benzene rings is 1. The quantitative estimate of drug-likeness (QED) is 0.809. The van der Waals surface area contributed by atoms with Gasteiger partial charge in [0.25, 0.3) is 0 Å². The lowest BCUT2D eigenvalue weighted by Crippen LogP contribution is -2.19. The fourth-order valence-electron chi connectivity index (χ4n) is 1.79. The molecule has 1 aromatic rings. The van der Waals surface area contributed by atoms with Gasteiger partial charge in [0.15, 0.2) is 0 Å². The van der Waals surface area contributed by atoms with Crippen molar-refractivity contribution in [1.29, 1.82) is 0 Å². The van der Waals surface area contributed by atoms with Crippen molar-refractivity contribution in [2.45, 2.75) is 12.5 Å². The van der Waals surface area contributed by atoms with Gasteiger partial charge >= 0.3 is 5.97 Å². The Morgan fingerprint density at radius 3 is 2.94 bits per heavy atom. The zero-order valence-electron chi connectivity index (χ0n) is 9.53. The number of ether oxygens (including phenoxy) is 2. The normalized spacial score (nSPS) is 19.1. The fraction of sp³-hybridized carbons (Fsp3) is 0.417. The maximum absolute atomic E-state index is 13.3. The van der Waals surface area contributed by atoms with Crippen LogP contribution in [0, 0.1) is 5.82 Å². The number of carbonyl (C=O) groups excluding carboxylic acids is 1. The topological polar surface area (TPSA) is 47.6 Å². The minimum atomic E-state index is -0.570. The summed E-state index contributed by atoms with van der Waals surface area (Å²) >= 11 is 0. The first-order valence-corrected chi connectivity index (χ1v) is 5.45. The van der Waals surface area contributed by atoms with Crippen LogP contribution in [-0.4, -0.2) is 32.3 Å². The van der Waals surface area contributed by atoms with Crippen LogP contribution in [0.3, 0.4) is 0 Å². The van der Waals surface area contributed by atoms with Crippen molar-refractivity contribution in [2.24, 2.45) is 0 Å². The molecule has 1 atom stereocenters. The summed E-state index contributed by atoms with van der Waals surface area (Å²) in [5, 5.41) is 3.15. The van der Waals surface area contributed by atoms with E-state index in [2.05, 4.69) is 10.1 Å². The summed E-state index contributed by atoms with van der Waals surface area (Å²) in [7, 11) is 1.26. The van der Waals surface area contributed by atoms with Gasteiger partial charge in [-0.15, -0.1) is 0 Å². The van der Waals surface area contributed by atoms with E-state index in [-0.39, 0.29) is 11.7 Å². The standard InChI is InChI=1S/C12H14FNO3/c1-16-12(15)8-4-9(13)6-11(5-8)17-10-2-3-14-7-10/h4-6,10,14H,2-3,7H2,1H3. The van der Waals surface area contributed by atoms with Crippen molar-refractivity contribution in [2.75, 3.05) is 20.2 Å². The second-order valence-electron chi connectivity index (χ2n) is 3.90. The maximum Gasteiger partial charge on any atom is 0.338 e. The predicted octanol–water partition coefficient (Wildman–Crippen LogP) is 1.35. The zero-order valence-corrected chi connectivity index (χ0v) is 9.53. The van der Waals surface area contributed by atoms with Gasteiger partial charge in [0.1, 0.15) is 17.7 Å². The molecule has 5 heteroatoms. The Balaban J connectivity index is 2.15. The van der Waals surface area contributed by atoms with E-state index in [1.165, 1.54) is 19.2 Å². The second kappa shape index (κ2) is 5.14. The molecule has 0 spiro atoms. The summed E-state index contributed by atoms with van der Waals surface area (Å²) in [5.74, 6) is -0.716. The molecule has 0 bridgehead atoms. The summed E-state index contributed by atoms with van der Waals surface area (Å²) in [6.07, 6.45) is 0.909. The third-order valence-electron chi connectivity index (χ3n) is 2.61. The van der Waals surface area contributed by atoms with Crippen LogP contribution in [0.15, 0.2) is 18.2 Å². The maximum atomic E-state index is 13.3. The average molecular weight is 239 g/mol. The number of hydrogen-bond acceptors (Lipinski definition) is 4. The molecule has 1 fully saturated rings. The van der Waals surface area contributed by atoms with E-state index in [0.717, 1.165) is 25.6 Å². The molecular weight excluding hydrogens is 225 g/mol. The molecule has 1 aliphatic rings. The molecule has 1 aromatic carbocycles. The number of esters is 1. The third kappa shape index (κ3) is 2.94. The summed E-state index contributed by atoms with van der Waals surface area (Å²) in [5.41, 5.74) is 0.161. The van der Waals surface area contributed by atoms with Crippen LogP contribution in [0.1, 0.15) is 16.8 Å². The first kappa shape index (κ1) is 11.9. The van der Waals surface area contributed by atoms with E-state index in [1.807, 2.05) is 0 Å². The Morgan fingerprint density at radius 2 is 2.29 bits per heavy atom. The van der Waals surface area contributed by atoms with Gasteiger partial charge in [-0.3, -0.25) is 0 Å². The highest BCUT2D eigenvalue weighted by molar-refractivity contribution is 5.89. The summed E-state index contributed by atoms with van der Waals surface area (Å²) < 4.78 is 23.4. The number of rotatable bonds is 3. The number of nitrogens with one attached hydrogen (secondary N) is 1. The van der Waals surface area contributed by atoms with Crippen molar-refractivity contribution >= 4 is 5.97 Å². The molecule has 17 heavy (non-hydrogen) atoms. The second-order valence-corrected chi connectivity index (χ2v) is 3.90. The number of halogens is 1. The van der Waals surface area contributed by atoms with Crippen LogP contribution >= 0.6 is 0 Å². The molecule has 0 aromatic heterocycles. The molecule has 1 saturated heterocycles. The largest absolute Gasteiger partial charge is 0.489 e. The van der Waals surface area contributed by atoms with Crippen molar-refractivity contribution in [3.05, 3.63) is 29.6 Å².